The lowest BCUT2D eigenvalue weighted by Crippen LogP contribution is -2.22. The van der Waals surface area contributed by atoms with Gasteiger partial charge >= 0.3 is 0 Å². The van der Waals surface area contributed by atoms with Gasteiger partial charge in [0, 0.05) is 23.9 Å². The number of imidazole rings is 1. The first kappa shape index (κ1) is 14.1. The van der Waals surface area contributed by atoms with Crippen LogP contribution in [0.15, 0.2) is 24.7 Å². The molecule has 3 rings (SSSR count). The Balaban J connectivity index is 1.71. The fourth-order valence-electron chi connectivity index (χ4n) is 2.07. The van der Waals surface area contributed by atoms with Crippen LogP contribution in [0.4, 0.5) is 5.13 Å². The molecule has 0 saturated heterocycles. The predicted octanol–water partition coefficient (Wildman–Crippen LogP) is 2.79. The van der Waals surface area contributed by atoms with Crippen LogP contribution in [0.1, 0.15) is 33.4 Å². The zero-order valence-corrected chi connectivity index (χ0v) is 13.6. The number of anilines is 1. The van der Waals surface area contributed by atoms with Crippen LogP contribution in [0.5, 0.6) is 0 Å². The van der Waals surface area contributed by atoms with Crippen molar-refractivity contribution in [3.63, 3.8) is 0 Å². The van der Waals surface area contributed by atoms with Crippen molar-refractivity contribution in [2.24, 2.45) is 0 Å². The Morgan fingerprint density at radius 2 is 2.19 bits per heavy atom. The molecule has 0 amide bonds. The van der Waals surface area contributed by atoms with Gasteiger partial charge in [-0.2, -0.15) is 5.10 Å². The smallest absolute Gasteiger partial charge is 0.214 e. The quantitative estimate of drug-likeness (QED) is 0.805. The van der Waals surface area contributed by atoms with Gasteiger partial charge in [0.05, 0.1) is 18.4 Å². The molecule has 0 fully saturated rings. The zero-order chi connectivity index (χ0) is 15.0. The molecule has 3 heterocycles. The molecule has 21 heavy (non-hydrogen) atoms. The topological polar surface area (TPSA) is 60.0 Å². The summed E-state index contributed by atoms with van der Waals surface area (Å²) in [7, 11) is 0. The third kappa shape index (κ3) is 3.07. The Morgan fingerprint density at radius 3 is 2.81 bits per heavy atom. The molecule has 0 aliphatic rings. The lowest BCUT2D eigenvalue weighted by molar-refractivity contribution is 0.560. The number of fused-ring (bicyclic) bond motifs is 1. The minimum absolute atomic E-state index is 0.0500. The molecule has 1 atom stereocenters. The van der Waals surface area contributed by atoms with Gasteiger partial charge in [-0.05, 0) is 13.0 Å². The van der Waals surface area contributed by atoms with Crippen molar-refractivity contribution in [1.29, 1.82) is 0 Å². The van der Waals surface area contributed by atoms with Crippen molar-refractivity contribution in [1.82, 2.24) is 24.4 Å². The molecule has 0 aliphatic heterocycles. The van der Waals surface area contributed by atoms with Gasteiger partial charge in [0.15, 0.2) is 0 Å². The van der Waals surface area contributed by atoms with Gasteiger partial charge in [-0.3, -0.25) is 4.68 Å². The summed E-state index contributed by atoms with van der Waals surface area (Å²) in [6.45, 7) is 9.40. The molecule has 7 heteroatoms. The molecule has 1 N–H and O–H groups in total. The maximum atomic E-state index is 4.65. The van der Waals surface area contributed by atoms with Crippen molar-refractivity contribution < 1.29 is 0 Å². The van der Waals surface area contributed by atoms with E-state index in [1.54, 1.807) is 17.5 Å². The normalized spacial score (nSPS) is 13.7. The van der Waals surface area contributed by atoms with Gasteiger partial charge in [0.25, 0.3) is 0 Å². The number of hydrogen-bond donors (Lipinski definition) is 1. The first-order chi connectivity index (χ1) is 9.91. The van der Waals surface area contributed by atoms with Gasteiger partial charge in [-0.1, -0.05) is 32.1 Å². The second-order valence-electron chi connectivity index (χ2n) is 6.28. The summed E-state index contributed by atoms with van der Waals surface area (Å²) in [5.74, 6) is 0. The molecule has 1 unspecified atom stereocenters. The van der Waals surface area contributed by atoms with Gasteiger partial charge in [-0.15, -0.1) is 5.10 Å². The van der Waals surface area contributed by atoms with Crippen molar-refractivity contribution >= 4 is 21.4 Å². The fourth-order valence-corrected chi connectivity index (χ4v) is 2.96. The number of nitrogens with one attached hydrogen (secondary N) is 1. The summed E-state index contributed by atoms with van der Waals surface area (Å²) in [6.07, 6.45) is 5.76. The van der Waals surface area contributed by atoms with Crippen molar-refractivity contribution in [2.75, 3.05) is 5.32 Å². The summed E-state index contributed by atoms with van der Waals surface area (Å²) in [5, 5.41) is 13.0. The first-order valence-electron chi connectivity index (χ1n) is 7.02. The molecule has 112 valence electrons. The van der Waals surface area contributed by atoms with E-state index in [1.807, 2.05) is 27.7 Å². The van der Waals surface area contributed by atoms with Crippen LogP contribution in [0.3, 0.4) is 0 Å². The Labute approximate surface area is 127 Å². The summed E-state index contributed by atoms with van der Waals surface area (Å²) in [6, 6.07) is 2.18. The summed E-state index contributed by atoms with van der Waals surface area (Å²) >= 11 is 1.58. The number of nitrogens with zero attached hydrogens (tertiary/aromatic N) is 5. The lowest BCUT2D eigenvalue weighted by atomic mass is 9.93. The van der Waals surface area contributed by atoms with Crippen LogP contribution in [0.2, 0.25) is 0 Å². The van der Waals surface area contributed by atoms with Gasteiger partial charge in [-0.25, -0.2) is 9.50 Å². The number of aromatic nitrogens is 5. The summed E-state index contributed by atoms with van der Waals surface area (Å²) in [4.78, 5) is 5.57. The van der Waals surface area contributed by atoms with Crippen LogP contribution >= 0.6 is 11.3 Å². The van der Waals surface area contributed by atoms with E-state index in [2.05, 4.69) is 48.2 Å². The third-order valence-electron chi connectivity index (χ3n) is 3.20. The molecular weight excluding hydrogens is 284 g/mol. The predicted molar refractivity (Wildman–Crippen MR) is 84.9 cm³/mol. The third-order valence-corrected chi connectivity index (χ3v) is 4.06. The maximum absolute atomic E-state index is 4.65. The van der Waals surface area contributed by atoms with E-state index in [1.165, 1.54) is 0 Å². The molecule has 0 bridgehead atoms. The monoisotopic (exact) mass is 304 g/mol. The molecule has 3 aromatic heterocycles. The Morgan fingerprint density at radius 1 is 1.38 bits per heavy atom. The minimum atomic E-state index is 0.0500. The van der Waals surface area contributed by atoms with Gasteiger partial charge in [0.1, 0.15) is 0 Å². The van der Waals surface area contributed by atoms with Crippen LogP contribution in [0.25, 0.3) is 4.96 Å². The zero-order valence-electron chi connectivity index (χ0n) is 12.7. The van der Waals surface area contributed by atoms with E-state index >= 15 is 0 Å². The van der Waals surface area contributed by atoms with E-state index in [0.29, 0.717) is 0 Å². The Kier molecular flexibility index (Phi) is 3.44. The molecule has 0 saturated carbocycles. The SMILES string of the molecule is CC(Cn1cccn1)Nc1nn2cc(C(C)(C)C)nc2s1. The second kappa shape index (κ2) is 5.14. The van der Waals surface area contributed by atoms with E-state index in [4.69, 9.17) is 0 Å². The molecule has 0 aliphatic carbocycles. The lowest BCUT2D eigenvalue weighted by Gasteiger charge is -2.14. The highest BCUT2D eigenvalue weighted by atomic mass is 32.1. The van der Waals surface area contributed by atoms with Crippen LogP contribution in [-0.2, 0) is 12.0 Å². The molecule has 3 aromatic rings. The van der Waals surface area contributed by atoms with Crippen molar-refractivity contribution in [3.8, 4) is 0 Å². The average molecular weight is 304 g/mol. The van der Waals surface area contributed by atoms with Crippen LogP contribution < -0.4 is 5.32 Å². The van der Waals surface area contributed by atoms with E-state index in [0.717, 1.165) is 22.3 Å². The molecule has 6 nitrogen and oxygen atoms in total. The van der Waals surface area contributed by atoms with Crippen molar-refractivity contribution in [2.45, 2.75) is 45.7 Å². The highest BCUT2D eigenvalue weighted by molar-refractivity contribution is 7.20. The molecule has 0 radical (unpaired) electrons. The van der Waals surface area contributed by atoms with Crippen molar-refractivity contribution in [3.05, 3.63) is 30.4 Å². The summed E-state index contributed by atoms with van der Waals surface area (Å²) in [5.41, 5.74) is 1.12. The van der Waals surface area contributed by atoms with Crippen LogP contribution in [0, 0.1) is 0 Å². The standard InChI is InChI=1S/C14H20N6S/c1-10(8-19-7-5-6-15-19)16-12-18-20-9-11(14(2,3)4)17-13(20)21-12/h5-7,9-10H,8H2,1-4H3,(H,16,18). The Bertz CT molecular complexity index is 687. The summed E-state index contributed by atoms with van der Waals surface area (Å²) < 4.78 is 3.77. The first-order valence-corrected chi connectivity index (χ1v) is 7.84. The average Bonchev–Trinajstić information content (AvgIpc) is 3.02. The van der Waals surface area contributed by atoms with Crippen LogP contribution in [-0.4, -0.2) is 30.4 Å². The molecule has 0 aromatic carbocycles. The fraction of sp³-hybridized carbons (Fsp3) is 0.500. The van der Waals surface area contributed by atoms with E-state index < -0.39 is 0 Å². The largest absolute Gasteiger partial charge is 0.356 e. The maximum Gasteiger partial charge on any atom is 0.214 e. The highest BCUT2D eigenvalue weighted by Gasteiger charge is 2.19. The van der Waals surface area contributed by atoms with Gasteiger partial charge < -0.3 is 5.32 Å². The highest BCUT2D eigenvalue weighted by Crippen LogP contribution is 2.25. The molecule has 0 spiro atoms. The van der Waals surface area contributed by atoms with E-state index in [9.17, 15) is 0 Å². The molecular formula is C14H20N6S. The number of rotatable bonds is 4. The number of hydrogen-bond acceptors (Lipinski definition) is 5. The second-order valence-corrected chi connectivity index (χ2v) is 7.24. The van der Waals surface area contributed by atoms with E-state index in [-0.39, 0.29) is 11.5 Å². The van der Waals surface area contributed by atoms with Gasteiger partial charge in [0.2, 0.25) is 10.1 Å². The minimum Gasteiger partial charge on any atom is -0.356 e. The Hall–Kier alpha value is -1.89.